The van der Waals surface area contributed by atoms with E-state index in [1.165, 1.54) is 4.68 Å². The largest absolute Gasteiger partial charge is 0.348 e. The van der Waals surface area contributed by atoms with Crippen LogP contribution < -0.4 is 10.6 Å². The maximum atomic E-state index is 12.3. The van der Waals surface area contributed by atoms with Gasteiger partial charge in [-0.05, 0) is 29.9 Å². The summed E-state index contributed by atoms with van der Waals surface area (Å²) in [6, 6.07) is 11.4. The Labute approximate surface area is 151 Å². The van der Waals surface area contributed by atoms with Crippen LogP contribution in [0.2, 0.25) is 0 Å². The number of nitrogens with zero attached hydrogens (tertiary/aromatic N) is 2. The lowest BCUT2D eigenvalue weighted by Gasteiger charge is -2.21. The van der Waals surface area contributed by atoms with Gasteiger partial charge in [-0.25, -0.2) is 0 Å². The van der Waals surface area contributed by atoms with Crippen LogP contribution in [0, 0.1) is 0 Å². The molecule has 2 amide bonds. The van der Waals surface area contributed by atoms with Crippen LogP contribution in [0.4, 0.5) is 5.82 Å². The van der Waals surface area contributed by atoms with Gasteiger partial charge in [0.15, 0.2) is 5.69 Å². The molecule has 1 aromatic heterocycles. The first-order valence-corrected chi connectivity index (χ1v) is 9.54. The summed E-state index contributed by atoms with van der Waals surface area (Å²) in [6.45, 7) is 0. The zero-order chi connectivity index (χ0) is 17.6. The van der Waals surface area contributed by atoms with Crippen LogP contribution in [-0.2, 0) is 18.3 Å². The zero-order valence-corrected chi connectivity index (χ0v) is 15.0. The van der Waals surface area contributed by atoms with Gasteiger partial charge in [0.05, 0.1) is 6.42 Å². The van der Waals surface area contributed by atoms with E-state index in [9.17, 15) is 9.59 Å². The molecule has 1 fully saturated rings. The number of benzene rings is 1. The van der Waals surface area contributed by atoms with Crippen molar-refractivity contribution >= 4 is 29.4 Å². The number of nitrogens with one attached hydrogen (secondary N) is 2. The van der Waals surface area contributed by atoms with Gasteiger partial charge in [0, 0.05) is 19.2 Å². The fraction of sp³-hybridized carbons (Fsp3) is 0.389. The Bertz CT molecular complexity index is 739. The summed E-state index contributed by atoms with van der Waals surface area (Å²) in [5.41, 5.74) is 1.27. The molecule has 7 heteroatoms. The topological polar surface area (TPSA) is 76.0 Å². The number of hydrogen-bond acceptors (Lipinski definition) is 4. The third-order valence-corrected chi connectivity index (χ3v) is 5.19. The van der Waals surface area contributed by atoms with E-state index in [1.54, 1.807) is 13.1 Å². The molecule has 1 aliphatic rings. The van der Waals surface area contributed by atoms with Crippen molar-refractivity contribution in [3.8, 4) is 0 Å². The van der Waals surface area contributed by atoms with Gasteiger partial charge in [-0.3, -0.25) is 14.3 Å². The molecule has 3 rings (SSSR count). The van der Waals surface area contributed by atoms with Crippen LogP contribution in [0.15, 0.2) is 36.4 Å². The molecule has 0 aliphatic carbocycles. The maximum Gasteiger partial charge on any atom is 0.272 e. The van der Waals surface area contributed by atoms with Crippen LogP contribution in [0.25, 0.3) is 0 Å². The Morgan fingerprint density at radius 3 is 2.68 bits per heavy atom. The molecule has 0 radical (unpaired) electrons. The van der Waals surface area contributed by atoms with Crippen molar-refractivity contribution in [1.29, 1.82) is 0 Å². The molecule has 1 aliphatic heterocycles. The Kier molecular flexibility index (Phi) is 5.75. The first kappa shape index (κ1) is 17.5. The van der Waals surface area contributed by atoms with E-state index >= 15 is 0 Å². The van der Waals surface area contributed by atoms with Gasteiger partial charge < -0.3 is 10.6 Å². The van der Waals surface area contributed by atoms with Crippen molar-refractivity contribution in [2.75, 3.05) is 16.8 Å². The predicted molar refractivity (Wildman–Crippen MR) is 99.8 cm³/mol. The summed E-state index contributed by atoms with van der Waals surface area (Å²) < 4.78 is 1.52. The van der Waals surface area contributed by atoms with Crippen molar-refractivity contribution in [3.63, 3.8) is 0 Å². The number of anilines is 1. The minimum Gasteiger partial charge on any atom is -0.348 e. The van der Waals surface area contributed by atoms with Crippen LogP contribution in [0.5, 0.6) is 0 Å². The van der Waals surface area contributed by atoms with E-state index in [-0.39, 0.29) is 24.3 Å². The third kappa shape index (κ3) is 4.85. The fourth-order valence-electron chi connectivity index (χ4n) is 2.76. The molecular formula is C18H22N4O2S. The summed E-state index contributed by atoms with van der Waals surface area (Å²) in [5.74, 6) is 2.36. The molecule has 1 saturated heterocycles. The lowest BCUT2D eigenvalue weighted by molar-refractivity contribution is -0.115. The normalized spacial score (nSPS) is 14.9. The van der Waals surface area contributed by atoms with E-state index < -0.39 is 0 Å². The summed E-state index contributed by atoms with van der Waals surface area (Å²) >= 11 is 1.92. The summed E-state index contributed by atoms with van der Waals surface area (Å²) in [7, 11) is 1.71. The lowest BCUT2D eigenvalue weighted by Crippen LogP contribution is -2.37. The zero-order valence-electron chi connectivity index (χ0n) is 14.2. The number of hydrogen-bond donors (Lipinski definition) is 2. The minimum absolute atomic E-state index is 0.134. The van der Waals surface area contributed by atoms with Gasteiger partial charge in [-0.15, -0.1) is 0 Å². The SMILES string of the molecule is Cn1nc(C(=O)NC2CCSCC2)cc1NC(=O)Cc1ccccc1. The molecule has 2 aromatic rings. The van der Waals surface area contributed by atoms with Crippen molar-refractivity contribution < 1.29 is 9.59 Å². The van der Waals surface area contributed by atoms with Crippen LogP contribution in [-0.4, -0.2) is 39.1 Å². The number of carbonyl (C=O) groups is 2. The second kappa shape index (κ2) is 8.20. The van der Waals surface area contributed by atoms with Crippen molar-refractivity contribution in [3.05, 3.63) is 47.7 Å². The highest BCUT2D eigenvalue weighted by Gasteiger charge is 2.20. The average Bonchev–Trinajstić information content (AvgIpc) is 2.97. The number of thioether (sulfide) groups is 1. The summed E-state index contributed by atoms with van der Waals surface area (Å²) in [6.07, 6.45) is 2.26. The molecule has 0 saturated carbocycles. The fourth-order valence-corrected chi connectivity index (χ4v) is 3.87. The third-order valence-electron chi connectivity index (χ3n) is 4.14. The van der Waals surface area contributed by atoms with Gasteiger partial charge in [0.1, 0.15) is 5.82 Å². The second-order valence-electron chi connectivity index (χ2n) is 6.11. The monoisotopic (exact) mass is 358 g/mol. The van der Waals surface area contributed by atoms with Crippen LogP contribution in [0.1, 0.15) is 28.9 Å². The number of rotatable bonds is 5. The molecule has 132 valence electrons. The Morgan fingerprint density at radius 2 is 1.96 bits per heavy atom. The molecule has 2 heterocycles. The van der Waals surface area contributed by atoms with Gasteiger partial charge in [0.2, 0.25) is 5.91 Å². The number of amides is 2. The highest BCUT2D eigenvalue weighted by atomic mass is 32.2. The highest BCUT2D eigenvalue weighted by Crippen LogP contribution is 2.18. The molecule has 25 heavy (non-hydrogen) atoms. The van der Waals surface area contributed by atoms with Gasteiger partial charge in [0.25, 0.3) is 5.91 Å². The maximum absolute atomic E-state index is 12.3. The highest BCUT2D eigenvalue weighted by molar-refractivity contribution is 7.99. The van der Waals surface area contributed by atoms with Gasteiger partial charge >= 0.3 is 0 Å². The smallest absolute Gasteiger partial charge is 0.272 e. The Balaban J connectivity index is 1.59. The Hall–Kier alpha value is -2.28. The van der Waals surface area contributed by atoms with Crippen molar-refractivity contribution in [1.82, 2.24) is 15.1 Å². The summed E-state index contributed by atoms with van der Waals surface area (Å²) in [5, 5.41) is 10.1. The van der Waals surface area contributed by atoms with E-state index in [4.69, 9.17) is 0 Å². The molecule has 0 unspecified atom stereocenters. The van der Waals surface area contributed by atoms with E-state index in [0.717, 1.165) is 29.9 Å². The molecule has 0 atom stereocenters. The first-order chi connectivity index (χ1) is 12.1. The molecule has 0 spiro atoms. The Morgan fingerprint density at radius 1 is 1.24 bits per heavy atom. The van der Waals surface area contributed by atoms with Crippen LogP contribution in [0.3, 0.4) is 0 Å². The van der Waals surface area contributed by atoms with Crippen molar-refractivity contribution in [2.24, 2.45) is 7.05 Å². The van der Waals surface area contributed by atoms with Crippen molar-refractivity contribution in [2.45, 2.75) is 25.3 Å². The van der Waals surface area contributed by atoms with E-state index in [1.807, 2.05) is 42.1 Å². The van der Waals surface area contributed by atoms with Gasteiger partial charge in [-0.2, -0.15) is 16.9 Å². The molecule has 2 N–H and O–H groups in total. The van der Waals surface area contributed by atoms with Gasteiger partial charge in [-0.1, -0.05) is 30.3 Å². The predicted octanol–water partition coefficient (Wildman–Crippen LogP) is 2.23. The number of aryl methyl sites for hydroxylation is 1. The average molecular weight is 358 g/mol. The molecule has 6 nitrogen and oxygen atoms in total. The second-order valence-corrected chi connectivity index (χ2v) is 7.33. The molecule has 0 bridgehead atoms. The minimum atomic E-state index is -0.184. The van der Waals surface area contributed by atoms with E-state index in [0.29, 0.717) is 11.5 Å². The summed E-state index contributed by atoms with van der Waals surface area (Å²) in [4.78, 5) is 24.5. The number of aromatic nitrogens is 2. The quantitative estimate of drug-likeness (QED) is 0.859. The van der Waals surface area contributed by atoms with E-state index in [2.05, 4.69) is 15.7 Å². The number of carbonyl (C=O) groups excluding carboxylic acids is 2. The lowest BCUT2D eigenvalue weighted by atomic mass is 10.1. The first-order valence-electron chi connectivity index (χ1n) is 8.38. The van der Waals surface area contributed by atoms with Crippen LogP contribution >= 0.6 is 11.8 Å². The molecule has 1 aromatic carbocycles. The standard InChI is InChI=1S/C18H22N4O2S/c1-22-16(20-17(23)11-13-5-3-2-4-6-13)12-15(21-22)18(24)19-14-7-9-25-10-8-14/h2-6,12,14H,7-11H2,1H3,(H,19,24)(H,20,23). The molecular weight excluding hydrogens is 336 g/mol.